The van der Waals surface area contributed by atoms with E-state index in [2.05, 4.69) is 9.88 Å². The fourth-order valence-electron chi connectivity index (χ4n) is 5.29. The summed E-state index contributed by atoms with van der Waals surface area (Å²) in [6, 6.07) is 0.573. The molecular weight excluding hydrogens is 368 g/mol. The van der Waals surface area contributed by atoms with Crippen LogP contribution in [0, 0.1) is 13.8 Å². The van der Waals surface area contributed by atoms with Crippen LogP contribution in [0.3, 0.4) is 0 Å². The lowest BCUT2D eigenvalue weighted by atomic mass is 9.88. The molecule has 6 heteroatoms. The van der Waals surface area contributed by atoms with Gasteiger partial charge in [-0.1, -0.05) is 38.5 Å². The second-order valence-electron chi connectivity index (χ2n) is 8.80. The van der Waals surface area contributed by atoms with E-state index in [4.69, 9.17) is 4.74 Å². The van der Waals surface area contributed by atoms with Crippen LogP contribution in [0.5, 0.6) is 0 Å². The minimum Gasteiger partial charge on any atom is -0.451 e. The average Bonchev–Trinajstić information content (AvgIpc) is 3.02. The number of rotatable bonds is 6. The number of nitrogens with zero attached hydrogens (tertiary/aromatic N) is 1. The van der Waals surface area contributed by atoms with Gasteiger partial charge < -0.3 is 19.7 Å². The van der Waals surface area contributed by atoms with Gasteiger partial charge in [-0.15, -0.1) is 0 Å². The highest BCUT2D eigenvalue weighted by Gasteiger charge is 2.33. The average molecular weight is 405 g/mol. The van der Waals surface area contributed by atoms with Gasteiger partial charge in [-0.25, -0.2) is 4.79 Å². The molecule has 29 heavy (non-hydrogen) atoms. The molecule has 1 aromatic heterocycles. The minimum atomic E-state index is -0.664. The van der Waals surface area contributed by atoms with Crippen LogP contribution < -0.4 is 0 Å². The molecule has 3 rings (SSSR count). The number of carbonyl (C=O) groups excluding carboxylic acids is 2. The summed E-state index contributed by atoms with van der Waals surface area (Å²) < 4.78 is 5.44. The van der Waals surface area contributed by atoms with E-state index in [-0.39, 0.29) is 24.6 Å². The van der Waals surface area contributed by atoms with Gasteiger partial charge in [-0.05, 0) is 52.0 Å². The number of aliphatic hydroxyl groups is 1. The lowest BCUT2D eigenvalue weighted by Gasteiger charge is -2.41. The van der Waals surface area contributed by atoms with E-state index < -0.39 is 12.1 Å². The summed E-state index contributed by atoms with van der Waals surface area (Å²) in [6.45, 7) is 5.08. The zero-order chi connectivity index (χ0) is 21.0. The Bertz CT molecular complexity index is 695. The zero-order valence-corrected chi connectivity index (χ0v) is 18.1. The highest BCUT2D eigenvalue weighted by Crippen LogP contribution is 2.30. The SMILES string of the molecule is Cc1[nH]c(C(=O)OCC(=O)N(C2CCCCC2)C2CCCCC2)c(C)c1[C@@H](C)O. The number of esters is 1. The maximum absolute atomic E-state index is 13.1. The van der Waals surface area contributed by atoms with Gasteiger partial charge >= 0.3 is 5.97 Å². The Morgan fingerprint density at radius 2 is 1.55 bits per heavy atom. The van der Waals surface area contributed by atoms with Gasteiger partial charge in [0.25, 0.3) is 5.91 Å². The van der Waals surface area contributed by atoms with Crippen molar-refractivity contribution in [3.63, 3.8) is 0 Å². The zero-order valence-electron chi connectivity index (χ0n) is 18.1. The Morgan fingerprint density at radius 1 is 1.03 bits per heavy atom. The molecule has 1 aromatic rings. The number of carbonyl (C=O) groups is 2. The predicted octanol–water partition coefficient (Wildman–Crippen LogP) is 4.34. The summed E-state index contributed by atoms with van der Waals surface area (Å²) in [5, 5.41) is 9.93. The molecule has 0 bridgehead atoms. The first-order valence-corrected chi connectivity index (χ1v) is 11.3. The number of aliphatic hydroxyl groups excluding tert-OH is 1. The van der Waals surface area contributed by atoms with E-state index in [9.17, 15) is 14.7 Å². The molecule has 0 aliphatic heterocycles. The molecular formula is C23H36N2O4. The van der Waals surface area contributed by atoms with Crippen LogP contribution in [0.4, 0.5) is 0 Å². The topological polar surface area (TPSA) is 82.6 Å². The van der Waals surface area contributed by atoms with Crippen molar-refractivity contribution >= 4 is 11.9 Å². The quantitative estimate of drug-likeness (QED) is 0.691. The maximum atomic E-state index is 13.1. The molecule has 2 aliphatic rings. The van der Waals surface area contributed by atoms with Crippen molar-refractivity contribution in [3.8, 4) is 0 Å². The van der Waals surface area contributed by atoms with Crippen molar-refractivity contribution in [2.75, 3.05) is 6.61 Å². The van der Waals surface area contributed by atoms with E-state index >= 15 is 0 Å². The normalized spacial score (nSPS) is 19.7. The molecule has 2 saturated carbocycles. The van der Waals surface area contributed by atoms with Crippen LogP contribution in [0.15, 0.2) is 0 Å². The van der Waals surface area contributed by atoms with Crippen molar-refractivity contribution in [3.05, 3.63) is 22.5 Å². The third-order valence-electron chi connectivity index (χ3n) is 6.67. The lowest BCUT2D eigenvalue weighted by Crippen LogP contribution is -2.50. The van der Waals surface area contributed by atoms with Gasteiger partial charge in [0.05, 0.1) is 6.10 Å². The first-order chi connectivity index (χ1) is 13.9. The monoisotopic (exact) mass is 404 g/mol. The molecule has 0 radical (unpaired) electrons. The van der Waals surface area contributed by atoms with Gasteiger partial charge in [0, 0.05) is 23.3 Å². The minimum absolute atomic E-state index is 0.0613. The summed E-state index contributed by atoms with van der Waals surface area (Å²) in [7, 11) is 0. The van der Waals surface area contributed by atoms with Gasteiger partial charge in [0.1, 0.15) is 5.69 Å². The fourth-order valence-corrected chi connectivity index (χ4v) is 5.29. The standard InChI is InChI=1S/C23H36N2O4/c1-15-21(17(3)26)16(2)24-22(15)23(28)29-14-20(27)25(18-10-6-4-7-11-18)19-12-8-5-9-13-19/h17-19,24,26H,4-14H2,1-3H3/t17-/m1/s1. The second-order valence-corrected chi connectivity index (χ2v) is 8.80. The Labute approximate surface area is 174 Å². The van der Waals surface area contributed by atoms with Crippen LogP contribution >= 0.6 is 0 Å². The van der Waals surface area contributed by atoms with Crippen molar-refractivity contribution in [2.24, 2.45) is 0 Å². The third-order valence-corrected chi connectivity index (χ3v) is 6.67. The van der Waals surface area contributed by atoms with Gasteiger partial charge in [0.2, 0.25) is 0 Å². The number of nitrogens with one attached hydrogen (secondary N) is 1. The number of aromatic amines is 1. The smallest absolute Gasteiger partial charge is 0.355 e. The van der Waals surface area contributed by atoms with E-state index in [0.29, 0.717) is 16.8 Å². The van der Waals surface area contributed by atoms with Gasteiger partial charge in [-0.3, -0.25) is 4.79 Å². The van der Waals surface area contributed by atoms with Gasteiger partial charge in [0.15, 0.2) is 6.61 Å². The lowest BCUT2D eigenvalue weighted by molar-refractivity contribution is -0.141. The first-order valence-electron chi connectivity index (χ1n) is 11.3. The summed E-state index contributed by atoms with van der Waals surface area (Å²) in [5.74, 6) is -0.591. The highest BCUT2D eigenvalue weighted by molar-refractivity contribution is 5.91. The number of hydrogen-bond donors (Lipinski definition) is 2. The maximum Gasteiger partial charge on any atom is 0.355 e. The Morgan fingerprint density at radius 3 is 2.00 bits per heavy atom. The summed E-state index contributed by atoms with van der Waals surface area (Å²) >= 11 is 0. The molecule has 0 saturated heterocycles. The molecule has 1 amide bonds. The summed E-state index contributed by atoms with van der Waals surface area (Å²) in [6.07, 6.45) is 10.7. The molecule has 0 aromatic carbocycles. The van der Waals surface area contributed by atoms with Crippen LogP contribution in [0.25, 0.3) is 0 Å². The van der Waals surface area contributed by atoms with Gasteiger partial charge in [-0.2, -0.15) is 0 Å². The largest absolute Gasteiger partial charge is 0.451 e. The number of aryl methyl sites for hydroxylation is 1. The molecule has 2 fully saturated rings. The van der Waals surface area contributed by atoms with Crippen LogP contribution in [-0.2, 0) is 9.53 Å². The van der Waals surface area contributed by atoms with E-state index in [0.717, 1.165) is 31.4 Å². The first kappa shape index (κ1) is 21.9. The number of H-pyrrole nitrogens is 1. The third kappa shape index (κ3) is 5.03. The van der Waals surface area contributed by atoms with Crippen LogP contribution in [0.1, 0.15) is 105 Å². The number of aromatic nitrogens is 1. The molecule has 0 unspecified atom stereocenters. The molecule has 162 valence electrons. The van der Waals surface area contributed by atoms with Crippen molar-refractivity contribution < 1.29 is 19.4 Å². The molecule has 1 atom stereocenters. The number of ether oxygens (including phenoxy) is 1. The Kier molecular flexibility index (Phi) is 7.38. The van der Waals surface area contributed by atoms with Crippen molar-refractivity contribution in [1.82, 2.24) is 9.88 Å². The molecule has 2 N–H and O–H groups in total. The molecule has 2 aliphatic carbocycles. The van der Waals surface area contributed by atoms with Crippen LogP contribution in [0.2, 0.25) is 0 Å². The molecule has 0 spiro atoms. The Balaban J connectivity index is 1.67. The fraction of sp³-hybridized carbons (Fsp3) is 0.739. The summed E-state index contributed by atoms with van der Waals surface area (Å²) in [4.78, 5) is 30.9. The predicted molar refractivity (Wildman–Crippen MR) is 112 cm³/mol. The highest BCUT2D eigenvalue weighted by atomic mass is 16.5. The summed E-state index contributed by atoms with van der Waals surface area (Å²) in [5.41, 5.74) is 2.48. The van der Waals surface area contributed by atoms with E-state index in [1.54, 1.807) is 13.8 Å². The van der Waals surface area contributed by atoms with E-state index in [1.807, 2.05) is 6.92 Å². The molecule has 1 heterocycles. The number of hydrogen-bond acceptors (Lipinski definition) is 4. The Hall–Kier alpha value is -1.82. The second kappa shape index (κ2) is 9.79. The van der Waals surface area contributed by atoms with Crippen molar-refractivity contribution in [2.45, 2.75) is 103 Å². The van der Waals surface area contributed by atoms with E-state index in [1.165, 1.54) is 38.5 Å². The van der Waals surface area contributed by atoms with Crippen LogP contribution in [-0.4, -0.2) is 45.6 Å². The number of amides is 1. The molecule has 6 nitrogen and oxygen atoms in total. The van der Waals surface area contributed by atoms with Crippen molar-refractivity contribution in [1.29, 1.82) is 0 Å².